The zero-order valence-electron chi connectivity index (χ0n) is 16.7. The van der Waals surface area contributed by atoms with Crippen LogP contribution in [0.1, 0.15) is 35.4 Å². The van der Waals surface area contributed by atoms with Crippen molar-refractivity contribution < 1.29 is 13.3 Å². The van der Waals surface area contributed by atoms with Gasteiger partial charge in [-0.2, -0.15) is 0 Å². The first-order valence-corrected chi connectivity index (χ1v) is 11.2. The standard InChI is InChI=1S/C23H24N2O4S/c1-18-12-14-22(15-13-18)30(28,29)24-16-6-11-23(19-7-3-2-4-8-19)20-9-5-10-21(17-20)25(26)27/h2-5,7-10,12-15,17,23-24H,6,11,16H2,1H3. The van der Waals surface area contributed by atoms with Crippen LogP contribution in [0.3, 0.4) is 0 Å². The van der Waals surface area contributed by atoms with Crippen LogP contribution in [0, 0.1) is 17.0 Å². The zero-order valence-corrected chi connectivity index (χ0v) is 17.5. The third-order valence-electron chi connectivity index (χ3n) is 4.98. The number of benzene rings is 3. The van der Waals surface area contributed by atoms with Gasteiger partial charge in [0.1, 0.15) is 0 Å². The Morgan fingerprint density at radius 1 is 0.933 bits per heavy atom. The fourth-order valence-corrected chi connectivity index (χ4v) is 4.45. The normalized spacial score (nSPS) is 12.4. The Kier molecular flexibility index (Phi) is 6.97. The van der Waals surface area contributed by atoms with Gasteiger partial charge in [-0.3, -0.25) is 10.1 Å². The maximum absolute atomic E-state index is 12.5. The number of nitro benzene ring substituents is 1. The van der Waals surface area contributed by atoms with Crippen LogP contribution >= 0.6 is 0 Å². The van der Waals surface area contributed by atoms with Crippen LogP contribution in [0.4, 0.5) is 5.69 Å². The van der Waals surface area contributed by atoms with Crippen molar-refractivity contribution in [1.29, 1.82) is 0 Å². The molecule has 7 heteroatoms. The van der Waals surface area contributed by atoms with Crippen molar-refractivity contribution in [3.05, 3.63) is 106 Å². The lowest BCUT2D eigenvalue weighted by molar-refractivity contribution is -0.384. The van der Waals surface area contributed by atoms with E-state index in [9.17, 15) is 18.5 Å². The number of non-ortho nitro benzene ring substituents is 1. The predicted molar refractivity (Wildman–Crippen MR) is 117 cm³/mol. The molecule has 1 unspecified atom stereocenters. The summed E-state index contributed by atoms with van der Waals surface area (Å²) < 4.78 is 27.6. The van der Waals surface area contributed by atoms with Gasteiger partial charge in [-0.25, -0.2) is 13.1 Å². The molecule has 0 aliphatic rings. The number of nitrogens with zero attached hydrogens (tertiary/aromatic N) is 1. The summed E-state index contributed by atoms with van der Waals surface area (Å²) in [4.78, 5) is 11.0. The molecule has 0 spiro atoms. The fraction of sp³-hybridized carbons (Fsp3) is 0.217. The summed E-state index contributed by atoms with van der Waals surface area (Å²) >= 11 is 0. The fourth-order valence-electron chi connectivity index (χ4n) is 3.38. The molecule has 3 aromatic carbocycles. The van der Waals surface area contributed by atoms with Crippen LogP contribution in [-0.4, -0.2) is 19.9 Å². The van der Waals surface area contributed by atoms with Crippen molar-refractivity contribution in [3.63, 3.8) is 0 Å². The SMILES string of the molecule is Cc1ccc(S(=O)(=O)NCCCC(c2ccccc2)c2cccc([N+](=O)[O-])c2)cc1. The molecule has 0 aromatic heterocycles. The maximum Gasteiger partial charge on any atom is 0.269 e. The molecule has 0 amide bonds. The minimum atomic E-state index is -3.56. The van der Waals surface area contributed by atoms with E-state index in [1.54, 1.807) is 36.4 Å². The van der Waals surface area contributed by atoms with Gasteiger partial charge in [-0.05, 0) is 43.0 Å². The van der Waals surface area contributed by atoms with E-state index >= 15 is 0 Å². The first-order valence-electron chi connectivity index (χ1n) is 9.72. The highest BCUT2D eigenvalue weighted by atomic mass is 32.2. The largest absolute Gasteiger partial charge is 0.269 e. The summed E-state index contributed by atoms with van der Waals surface area (Å²) in [5.41, 5.74) is 2.93. The van der Waals surface area contributed by atoms with Gasteiger partial charge in [-0.1, -0.05) is 60.2 Å². The molecule has 1 N–H and O–H groups in total. The summed E-state index contributed by atoms with van der Waals surface area (Å²) in [6.45, 7) is 2.19. The van der Waals surface area contributed by atoms with Gasteiger partial charge in [0.15, 0.2) is 0 Å². The Morgan fingerprint density at radius 2 is 1.60 bits per heavy atom. The van der Waals surface area contributed by atoms with Gasteiger partial charge in [0.2, 0.25) is 10.0 Å². The Morgan fingerprint density at radius 3 is 2.27 bits per heavy atom. The van der Waals surface area contributed by atoms with Gasteiger partial charge < -0.3 is 0 Å². The molecule has 0 aliphatic heterocycles. The van der Waals surface area contributed by atoms with Crippen molar-refractivity contribution in [2.24, 2.45) is 0 Å². The topological polar surface area (TPSA) is 89.3 Å². The summed E-state index contributed by atoms with van der Waals surface area (Å²) in [6, 6.07) is 23.1. The smallest absolute Gasteiger partial charge is 0.258 e. The molecule has 0 saturated heterocycles. The highest BCUT2D eigenvalue weighted by molar-refractivity contribution is 7.89. The Bertz CT molecular complexity index is 1100. The molecule has 0 bridgehead atoms. The zero-order chi connectivity index (χ0) is 21.6. The number of hydrogen-bond acceptors (Lipinski definition) is 4. The van der Waals surface area contributed by atoms with Gasteiger partial charge in [0.25, 0.3) is 5.69 Å². The van der Waals surface area contributed by atoms with Gasteiger partial charge >= 0.3 is 0 Å². The van der Waals surface area contributed by atoms with Crippen LogP contribution in [-0.2, 0) is 10.0 Å². The summed E-state index contributed by atoms with van der Waals surface area (Å²) in [5, 5.41) is 11.2. The quantitative estimate of drug-likeness (QED) is 0.304. The summed E-state index contributed by atoms with van der Waals surface area (Å²) in [5.74, 6) is -0.0602. The van der Waals surface area contributed by atoms with Gasteiger partial charge in [0.05, 0.1) is 9.82 Å². The van der Waals surface area contributed by atoms with Crippen molar-refractivity contribution >= 4 is 15.7 Å². The van der Waals surface area contributed by atoms with Gasteiger partial charge in [-0.15, -0.1) is 0 Å². The van der Waals surface area contributed by atoms with Crippen LogP contribution in [0.5, 0.6) is 0 Å². The minimum absolute atomic E-state index is 0.0495. The number of hydrogen-bond donors (Lipinski definition) is 1. The molecule has 6 nitrogen and oxygen atoms in total. The van der Waals surface area contributed by atoms with E-state index in [2.05, 4.69) is 4.72 Å². The minimum Gasteiger partial charge on any atom is -0.258 e. The summed E-state index contributed by atoms with van der Waals surface area (Å²) in [7, 11) is -3.56. The molecule has 0 aliphatic carbocycles. The summed E-state index contributed by atoms with van der Waals surface area (Å²) in [6.07, 6.45) is 1.24. The molecule has 30 heavy (non-hydrogen) atoms. The Labute approximate surface area is 176 Å². The van der Waals surface area contributed by atoms with Crippen molar-refractivity contribution in [2.75, 3.05) is 6.54 Å². The van der Waals surface area contributed by atoms with Crippen LogP contribution in [0.2, 0.25) is 0 Å². The average molecular weight is 425 g/mol. The predicted octanol–water partition coefficient (Wildman–Crippen LogP) is 4.79. The van der Waals surface area contributed by atoms with E-state index in [4.69, 9.17) is 0 Å². The molecule has 0 fully saturated rings. The molecular formula is C23H24N2O4S. The van der Waals surface area contributed by atoms with Gasteiger partial charge in [0, 0.05) is 24.6 Å². The van der Waals surface area contributed by atoms with E-state index in [0.717, 1.165) is 16.7 Å². The third-order valence-corrected chi connectivity index (χ3v) is 6.46. The van der Waals surface area contributed by atoms with Crippen LogP contribution in [0.15, 0.2) is 83.8 Å². The lowest BCUT2D eigenvalue weighted by Gasteiger charge is -2.18. The lowest BCUT2D eigenvalue weighted by Crippen LogP contribution is -2.25. The van der Waals surface area contributed by atoms with Crippen LogP contribution < -0.4 is 4.72 Å². The first-order chi connectivity index (χ1) is 14.4. The molecule has 3 rings (SSSR count). The number of sulfonamides is 1. The Balaban J connectivity index is 1.71. The molecule has 1 atom stereocenters. The second-order valence-corrected chi connectivity index (χ2v) is 8.94. The van der Waals surface area contributed by atoms with E-state index < -0.39 is 14.9 Å². The maximum atomic E-state index is 12.5. The number of nitro groups is 1. The monoisotopic (exact) mass is 424 g/mol. The molecule has 0 heterocycles. The molecule has 0 radical (unpaired) electrons. The lowest BCUT2D eigenvalue weighted by atomic mass is 9.87. The highest BCUT2D eigenvalue weighted by Gasteiger charge is 2.18. The van der Waals surface area contributed by atoms with Crippen molar-refractivity contribution in [2.45, 2.75) is 30.6 Å². The second-order valence-electron chi connectivity index (χ2n) is 7.17. The van der Waals surface area contributed by atoms with E-state index in [1.165, 1.54) is 6.07 Å². The number of rotatable bonds is 9. The van der Waals surface area contributed by atoms with Crippen molar-refractivity contribution in [3.8, 4) is 0 Å². The van der Waals surface area contributed by atoms with Crippen LogP contribution in [0.25, 0.3) is 0 Å². The molecular weight excluding hydrogens is 400 g/mol. The number of aryl methyl sites for hydroxylation is 1. The molecule has 3 aromatic rings. The highest BCUT2D eigenvalue weighted by Crippen LogP contribution is 2.31. The van der Waals surface area contributed by atoms with E-state index in [0.29, 0.717) is 12.8 Å². The first kappa shape index (κ1) is 21.7. The average Bonchev–Trinajstić information content (AvgIpc) is 2.74. The second kappa shape index (κ2) is 9.65. The Hall–Kier alpha value is -3.03. The van der Waals surface area contributed by atoms with Crippen molar-refractivity contribution in [1.82, 2.24) is 4.72 Å². The molecule has 156 valence electrons. The molecule has 0 saturated carbocycles. The third kappa shape index (κ3) is 5.52. The van der Waals surface area contributed by atoms with E-state index in [1.807, 2.05) is 43.3 Å². The number of nitrogens with one attached hydrogen (secondary N) is 1. The van der Waals surface area contributed by atoms with E-state index in [-0.39, 0.29) is 23.0 Å².